The Labute approximate surface area is 124 Å². The van der Waals surface area contributed by atoms with Crippen molar-refractivity contribution in [1.82, 2.24) is 5.32 Å². The summed E-state index contributed by atoms with van der Waals surface area (Å²) in [5, 5.41) is 3.79. The van der Waals surface area contributed by atoms with Gasteiger partial charge in [-0.2, -0.15) is 0 Å². The third-order valence-corrected chi connectivity index (χ3v) is 5.38. The molecule has 20 heavy (non-hydrogen) atoms. The van der Waals surface area contributed by atoms with Crippen LogP contribution in [-0.4, -0.2) is 12.6 Å². The molecular weight excluding hydrogens is 242 g/mol. The number of benzene rings is 1. The number of hydrogen-bond donors (Lipinski definition) is 1. The summed E-state index contributed by atoms with van der Waals surface area (Å²) in [6.07, 6.45) is 9.99. The molecule has 2 aliphatic carbocycles. The number of nitrogens with one attached hydrogen (secondary N) is 1. The zero-order chi connectivity index (χ0) is 13.9. The Morgan fingerprint density at radius 1 is 1.00 bits per heavy atom. The standard InChI is InChI=1S/C19H29N/c1-14-8-9-17(12-15(14)2)19(13-20-18-10-11-18)16-6-4-3-5-7-16/h8-9,12,16,18-20H,3-7,10-11,13H2,1-2H3. The molecule has 0 heterocycles. The third-order valence-electron chi connectivity index (χ3n) is 5.38. The minimum atomic E-state index is 0.732. The Hall–Kier alpha value is -0.820. The molecule has 2 saturated carbocycles. The topological polar surface area (TPSA) is 12.0 Å². The maximum atomic E-state index is 3.79. The van der Waals surface area contributed by atoms with Crippen molar-refractivity contribution in [1.29, 1.82) is 0 Å². The first-order chi connectivity index (χ1) is 9.74. The van der Waals surface area contributed by atoms with E-state index in [9.17, 15) is 0 Å². The quantitative estimate of drug-likeness (QED) is 0.817. The van der Waals surface area contributed by atoms with Gasteiger partial charge >= 0.3 is 0 Å². The Morgan fingerprint density at radius 2 is 1.75 bits per heavy atom. The summed E-state index contributed by atoms with van der Waals surface area (Å²) in [6.45, 7) is 5.67. The van der Waals surface area contributed by atoms with Gasteiger partial charge in [0.15, 0.2) is 0 Å². The molecule has 1 N–H and O–H groups in total. The lowest BCUT2D eigenvalue weighted by molar-refractivity contribution is 0.296. The van der Waals surface area contributed by atoms with Crippen LogP contribution in [0.4, 0.5) is 0 Å². The van der Waals surface area contributed by atoms with Crippen molar-refractivity contribution in [3.8, 4) is 0 Å². The molecule has 110 valence electrons. The minimum Gasteiger partial charge on any atom is -0.313 e. The van der Waals surface area contributed by atoms with Gasteiger partial charge in [0.05, 0.1) is 0 Å². The van der Waals surface area contributed by atoms with Gasteiger partial charge in [-0.05, 0) is 68.1 Å². The van der Waals surface area contributed by atoms with E-state index in [0.29, 0.717) is 0 Å². The fourth-order valence-corrected chi connectivity index (χ4v) is 3.67. The Morgan fingerprint density at radius 3 is 2.40 bits per heavy atom. The van der Waals surface area contributed by atoms with Gasteiger partial charge in [0, 0.05) is 12.6 Å². The average Bonchev–Trinajstić information content (AvgIpc) is 3.28. The van der Waals surface area contributed by atoms with Gasteiger partial charge in [0.1, 0.15) is 0 Å². The molecule has 0 radical (unpaired) electrons. The molecule has 1 unspecified atom stereocenters. The van der Waals surface area contributed by atoms with Gasteiger partial charge in [-0.1, -0.05) is 37.5 Å². The van der Waals surface area contributed by atoms with Crippen molar-refractivity contribution >= 4 is 0 Å². The molecule has 0 amide bonds. The highest BCUT2D eigenvalue weighted by atomic mass is 14.9. The van der Waals surface area contributed by atoms with Gasteiger partial charge in [-0.3, -0.25) is 0 Å². The maximum Gasteiger partial charge on any atom is 0.00684 e. The van der Waals surface area contributed by atoms with Crippen LogP contribution in [0.25, 0.3) is 0 Å². The lowest BCUT2D eigenvalue weighted by atomic mass is 9.76. The zero-order valence-corrected chi connectivity index (χ0v) is 13.1. The second kappa shape index (κ2) is 6.30. The first-order valence-corrected chi connectivity index (χ1v) is 8.54. The van der Waals surface area contributed by atoms with E-state index in [4.69, 9.17) is 0 Å². The van der Waals surface area contributed by atoms with Gasteiger partial charge in [0.25, 0.3) is 0 Å². The summed E-state index contributed by atoms with van der Waals surface area (Å²) in [7, 11) is 0. The molecule has 1 atom stereocenters. The SMILES string of the molecule is Cc1ccc(C(CNC2CC2)C2CCCCC2)cc1C. The Kier molecular flexibility index (Phi) is 4.45. The lowest BCUT2D eigenvalue weighted by Crippen LogP contribution is -2.29. The summed E-state index contributed by atoms with van der Waals surface area (Å²) in [4.78, 5) is 0. The van der Waals surface area contributed by atoms with Crippen molar-refractivity contribution in [2.24, 2.45) is 5.92 Å². The molecule has 1 aromatic carbocycles. The molecule has 0 spiro atoms. The third kappa shape index (κ3) is 3.44. The van der Waals surface area contributed by atoms with Gasteiger partial charge in [0.2, 0.25) is 0 Å². The van der Waals surface area contributed by atoms with Crippen molar-refractivity contribution in [2.45, 2.75) is 70.8 Å². The smallest absolute Gasteiger partial charge is 0.00684 e. The van der Waals surface area contributed by atoms with Crippen molar-refractivity contribution in [3.05, 3.63) is 34.9 Å². The van der Waals surface area contributed by atoms with E-state index in [1.165, 1.54) is 62.6 Å². The molecule has 0 aromatic heterocycles. The van der Waals surface area contributed by atoms with Gasteiger partial charge in [-0.25, -0.2) is 0 Å². The summed E-state index contributed by atoms with van der Waals surface area (Å²) >= 11 is 0. The molecule has 1 nitrogen and oxygen atoms in total. The van der Waals surface area contributed by atoms with E-state index < -0.39 is 0 Å². The van der Waals surface area contributed by atoms with Gasteiger partial charge in [-0.15, -0.1) is 0 Å². The van der Waals surface area contributed by atoms with E-state index in [-0.39, 0.29) is 0 Å². The molecule has 2 aliphatic rings. The highest BCUT2D eigenvalue weighted by Gasteiger charge is 2.28. The van der Waals surface area contributed by atoms with E-state index in [1.54, 1.807) is 5.56 Å². The second-order valence-corrected chi connectivity index (χ2v) is 7.03. The number of hydrogen-bond acceptors (Lipinski definition) is 1. The van der Waals surface area contributed by atoms with E-state index in [2.05, 4.69) is 37.4 Å². The largest absolute Gasteiger partial charge is 0.313 e. The fourth-order valence-electron chi connectivity index (χ4n) is 3.67. The van der Waals surface area contributed by atoms with Crippen molar-refractivity contribution in [3.63, 3.8) is 0 Å². The average molecular weight is 271 g/mol. The Balaban J connectivity index is 1.76. The number of rotatable bonds is 5. The summed E-state index contributed by atoms with van der Waals surface area (Å²) in [5.41, 5.74) is 4.45. The molecule has 0 saturated heterocycles. The van der Waals surface area contributed by atoms with E-state index in [0.717, 1.165) is 17.9 Å². The summed E-state index contributed by atoms with van der Waals surface area (Å²) in [5.74, 6) is 1.63. The van der Waals surface area contributed by atoms with Crippen LogP contribution in [0.2, 0.25) is 0 Å². The molecule has 2 fully saturated rings. The van der Waals surface area contributed by atoms with Crippen LogP contribution in [0.5, 0.6) is 0 Å². The van der Waals surface area contributed by atoms with Crippen LogP contribution in [0, 0.1) is 19.8 Å². The Bertz CT molecular complexity index is 441. The second-order valence-electron chi connectivity index (χ2n) is 7.03. The first kappa shape index (κ1) is 14.1. The van der Waals surface area contributed by atoms with E-state index >= 15 is 0 Å². The van der Waals surface area contributed by atoms with Crippen LogP contribution in [0.15, 0.2) is 18.2 Å². The highest BCUT2D eigenvalue weighted by Crippen LogP contribution is 2.36. The molecule has 0 aliphatic heterocycles. The number of aryl methyl sites for hydroxylation is 2. The van der Waals surface area contributed by atoms with Gasteiger partial charge < -0.3 is 5.32 Å². The molecule has 0 bridgehead atoms. The zero-order valence-electron chi connectivity index (χ0n) is 13.1. The molecule has 3 rings (SSSR count). The minimum absolute atomic E-state index is 0.732. The maximum absolute atomic E-state index is 3.79. The fraction of sp³-hybridized carbons (Fsp3) is 0.684. The molecule has 1 heteroatoms. The normalized spacial score (nSPS) is 21.9. The van der Waals surface area contributed by atoms with E-state index in [1.807, 2.05) is 0 Å². The predicted molar refractivity (Wildman–Crippen MR) is 86.3 cm³/mol. The van der Waals surface area contributed by atoms with Crippen LogP contribution in [-0.2, 0) is 0 Å². The molecular formula is C19H29N. The van der Waals surface area contributed by atoms with Crippen molar-refractivity contribution in [2.75, 3.05) is 6.54 Å². The van der Waals surface area contributed by atoms with Crippen LogP contribution in [0.3, 0.4) is 0 Å². The predicted octanol–water partition coefficient (Wildman–Crippen LogP) is 4.72. The monoisotopic (exact) mass is 271 g/mol. The molecule has 1 aromatic rings. The highest BCUT2D eigenvalue weighted by molar-refractivity contribution is 5.32. The van der Waals surface area contributed by atoms with Crippen molar-refractivity contribution < 1.29 is 0 Å². The summed E-state index contributed by atoms with van der Waals surface area (Å²) < 4.78 is 0. The summed E-state index contributed by atoms with van der Waals surface area (Å²) in [6, 6.07) is 7.98. The van der Waals surface area contributed by atoms with Crippen LogP contribution >= 0.6 is 0 Å². The lowest BCUT2D eigenvalue weighted by Gasteiger charge is -2.31. The van der Waals surface area contributed by atoms with Crippen LogP contribution in [0.1, 0.15) is 67.6 Å². The van der Waals surface area contributed by atoms with Crippen LogP contribution < -0.4 is 5.32 Å². The first-order valence-electron chi connectivity index (χ1n) is 8.54.